The van der Waals surface area contributed by atoms with Crippen LogP contribution in [0.15, 0.2) is 13.2 Å². The molecule has 0 bridgehead atoms. The van der Waals surface area contributed by atoms with Crippen LogP contribution in [0.1, 0.15) is 27.3 Å². The molecule has 3 heteroatoms. The highest BCUT2D eigenvalue weighted by atomic mass is 16.4. The average Bonchev–Trinajstić information content (AvgIpc) is 2.41. The first-order valence-corrected chi connectivity index (χ1v) is 3.82. The van der Waals surface area contributed by atoms with Gasteiger partial charge in [0.2, 0.25) is 0 Å². The number of carboxylic acid groups (broad SMARTS) is 1. The van der Waals surface area contributed by atoms with Gasteiger partial charge in [-0.05, 0) is 18.6 Å². The van der Waals surface area contributed by atoms with Crippen LogP contribution in [0.3, 0.4) is 0 Å². The number of carbonyl (C=O) groups is 1. The van der Waals surface area contributed by atoms with E-state index in [9.17, 15) is 4.79 Å². The summed E-state index contributed by atoms with van der Waals surface area (Å²) in [4.78, 5) is 13.5. The third-order valence-corrected chi connectivity index (χ3v) is 1.95. The highest BCUT2D eigenvalue weighted by Gasteiger charge is 2.14. The van der Waals surface area contributed by atoms with E-state index in [1.807, 2.05) is 0 Å². The van der Waals surface area contributed by atoms with Crippen molar-refractivity contribution in [2.45, 2.75) is 6.92 Å². The van der Waals surface area contributed by atoms with Crippen molar-refractivity contribution in [1.82, 2.24) is 4.98 Å². The zero-order valence-corrected chi connectivity index (χ0v) is 7.42. The molecule has 0 aromatic carbocycles. The number of aromatic amines is 1. The van der Waals surface area contributed by atoms with Crippen molar-refractivity contribution in [3.63, 3.8) is 0 Å². The summed E-state index contributed by atoms with van der Waals surface area (Å²) in [6.45, 7) is 8.93. The van der Waals surface area contributed by atoms with Crippen LogP contribution >= 0.6 is 0 Å². The predicted octanol–water partition coefficient (Wildman–Crippen LogP) is 2.31. The third-order valence-electron chi connectivity index (χ3n) is 1.95. The number of aromatic carboxylic acids is 1. The minimum absolute atomic E-state index is 0.199. The Labute approximate surface area is 76.4 Å². The molecule has 0 aliphatic rings. The Bertz CT molecular complexity index is 375. The van der Waals surface area contributed by atoms with E-state index in [0.29, 0.717) is 11.3 Å². The van der Waals surface area contributed by atoms with Crippen molar-refractivity contribution < 1.29 is 9.90 Å². The molecule has 0 atom stereocenters. The molecule has 68 valence electrons. The fourth-order valence-electron chi connectivity index (χ4n) is 1.27. The highest BCUT2D eigenvalue weighted by molar-refractivity contribution is 5.90. The van der Waals surface area contributed by atoms with Gasteiger partial charge >= 0.3 is 5.97 Å². The second kappa shape index (κ2) is 3.31. The summed E-state index contributed by atoms with van der Waals surface area (Å²) in [5, 5.41) is 8.79. The summed E-state index contributed by atoms with van der Waals surface area (Å²) >= 11 is 0. The summed E-state index contributed by atoms with van der Waals surface area (Å²) in [7, 11) is 0. The number of rotatable bonds is 3. The number of carboxylic acids is 1. The predicted molar refractivity (Wildman–Crippen MR) is 52.7 cm³/mol. The van der Waals surface area contributed by atoms with E-state index in [0.717, 1.165) is 5.56 Å². The SMILES string of the molecule is C=Cc1[nH]c(C(=O)O)c(C)c1C=C. The molecule has 3 nitrogen and oxygen atoms in total. The minimum atomic E-state index is -0.964. The van der Waals surface area contributed by atoms with Crippen LogP contribution in [0.25, 0.3) is 12.2 Å². The molecular weight excluding hydrogens is 166 g/mol. The Morgan fingerprint density at radius 3 is 2.38 bits per heavy atom. The van der Waals surface area contributed by atoms with Crippen molar-refractivity contribution in [2.75, 3.05) is 0 Å². The first-order valence-electron chi connectivity index (χ1n) is 3.82. The van der Waals surface area contributed by atoms with Crippen LogP contribution in [0.5, 0.6) is 0 Å². The van der Waals surface area contributed by atoms with E-state index in [2.05, 4.69) is 18.1 Å². The molecule has 0 saturated heterocycles. The van der Waals surface area contributed by atoms with Gasteiger partial charge in [0, 0.05) is 11.3 Å². The van der Waals surface area contributed by atoms with Gasteiger partial charge in [0.05, 0.1) is 0 Å². The van der Waals surface area contributed by atoms with E-state index >= 15 is 0 Å². The molecular formula is C10H11NO2. The fourth-order valence-corrected chi connectivity index (χ4v) is 1.27. The van der Waals surface area contributed by atoms with Gasteiger partial charge in [-0.3, -0.25) is 0 Å². The maximum absolute atomic E-state index is 10.7. The van der Waals surface area contributed by atoms with Gasteiger partial charge in [-0.15, -0.1) is 0 Å². The first-order chi connectivity index (χ1) is 6.11. The lowest BCUT2D eigenvalue weighted by atomic mass is 10.1. The average molecular weight is 177 g/mol. The smallest absolute Gasteiger partial charge is 0.352 e. The van der Waals surface area contributed by atoms with Crippen LogP contribution in [-0.4, -0.2) is 16.1 Å². The maximum atomic E-state index is 10.7. The molecule has 0 aliphatic carbocycles. The van der Waals surface area contributed by atoms with Crippen molar-refractivity contribution in [3.8, 4) is 0 Å². The number of hydrogen-bond acceptors (Lipinski definition) is 1. The number of H-pyrrole nitrogens is 1. The molecule has 13 heavy (non-hydrogen) atoms. The van der Waals surface area contributed by atoms with Crippen molar-refractivity contribution >= 4 is 18.1 Å². The van der Waals surface area contributed by atoms with Gasteiger partial charge in [-0.25, -0.2) is 4.79 Å². The summed E-state index contributed by atoms with van der Waals surface area (Å²) < 4.78 is 0. The van der Waals surface area contributed by atoms with Crippen molar-refractivity contribution in [3.05, 3.63) is 35.7 Å². The molecule has 1 aromatic rings. The lowest BCUT2D eigenvalue weighted by molar-refractivity contribution is 0.0690. The molecule has 2 N–H and O–H groups in total. The van der Waals surface area contributed by atoms with Gasteiger partial charge in [0.1, 0.15) is 5.69 Å². The van der Waals surface area contributed by atoms with Crippen LogP contribution in [0.2, 0.25) is 0 Å². The Morgan fingerprint density at radius 1 is 1.46 bits per heavy atom. The molecule has 0 unspecified atom stereocenters. The van der Waals surface area contributed by atoms with Gasteiger partial charge in [0.25, 0.3) is 0 Å². The quantitative estimate of drug-likeness (QED) is 0.744. The Morgan fingerprint density at radius 2 is 2.08 bits per heavy atom. The van der Waals surface area contributed by atoms with Gasteiger partial charge in [-0.2, -0.15) is 0 Å². The van der Waals surface area contributed by atoms with Crippen LogP contribution in [-0.2, 0) is 0 Å². The molecule has 0 spiro atoms. The fraction of sp³-hybridized carbons (Fsp3) is 0.100. The lowest BCUT2D eigenvalue weighted by Gasteiger charge is -1.92. The summed E-state index contributed by atoms with van der Waals surface area (Å²) in [5.41, 5.74) is 2.39. The normalized spacial score (nSPS) is 9.62. The minimum Gasteiger partial charge on any atom is -0.477 e. The van der Waals surface area contributed by atoms with Gasteiger partial charge in [-0.1, -0.05) is 19.2 Å². The van der Waals surface area contributed by atoms with Crippen LogP contribution in [0.4, 0.5) is 0 Å². The molecule has 1 aromatic heterocycles. The van der Waals surface area contributed by atoms with Crippen LogP contribution < -0.4 is 0 Å². The monoisotopic (exact) mass is 177 g/mol. The Kier molecular flexibility index (Phi) is 2.37. The van der Waals surface area contributed by atoms with Crippen LogP contribution in [0, 0.1) is 6.92 Å². The van der Waals surface area contributed by atoms with Gasteiger partial charge in [0.15, 0.2) is 0 Å². The van der Waals surface area contributed by atoms with E-state index in [-0.39, 0.29) is 5.69 Å². The largest absolute Gasteiger partial charge is 0.477 e. The number of hydrogen-bond donors (Lipinski definition) is 2. The summed E-state index contributed by atoms with van der Waals surface area (Å²) in [6, 6.07) is 0. The lowest BCUT2D eigenvalue weighted by Crippen LogP contribution is -1.98. The molecule has 0 saturated carbocycles. The number of nitrogens with one attached hydrogen (secondary N) is 1. The van der Waals surface area contributed by atoms with Crippen molar-refractivity contribution in [2.24, 2.45) is 0 Å². The summed E-state index contributed by atoms with van der Waals surface area (Å²) in [6.07, 6.45) is 3.20. The van der Waals surface area contributed by atoms with E-state index in [4.69, 9.17) is 5.11 Å². The highest BCUT2D eigenvalue weighted by Crippen LogP contribution is 2.20. The first kappa shape index (κ1) is 9.32. The second-order valence-corrected chi connectivity index (χ2v) is 2.67. The third kappa shape index (κ3) is 1.40. The van der Waals surface area contributed by atoms with E-state index in [1.54, 1.807) is 19.1 Å². The molecule has 1 rings (SSSR count). The summed E-state index contributed by atoms with van der Waals surface area (Å²) in [5.74, 6) is -0.964. The standard InChI is InChI=1S/C10H11NO2/c1-4-7-6(3)9(10(12)13)11-8(7)5-2/h4-5,11H,1-2H2,3H3,(H,12,13). The number of aromatic nitrogens is 1. The zero-order chi connectivity index (χ0) is 10.0. The van der Waals surface area contributed by atoms with E-state index in [1.165, 1.54) is 0 Å². The van der Waals surface area contributed by atoms with E-state index < -0.39 is 5.97 Å². The second-order valence-electron chi connectivity index (χ2n) is 2.67. The zero-order valence-electron chi connectivity index (χ0n) is 7.42. The molecule has 0 fully saturated rings. The topological polar surface area (TPSA) is 53.1 Å². The van der Waals surface area contributed by atoms with Crippen molar-refractivity contribution in [1.29, 1.82) is 0 Å². The molecule has 1 heterocycles. The Balaban J connectivity index is 3.42. The maximum Gasteiger partial charge on any atom is 0.352 e. The molecule has 0 aliphatic heterocycles. The van der Waals surface area contributed by atoms with Gasteiger partial charge < -0.3 is 10.1 Å². The molecule has 0 radical (unpaired) electrons. The molecule has 0 amide bonds. The Hall–Kier alpha value is -1.77.